The number of esters is 1. The molecule has 0 amide bonds. The van der Waals surface area contributed by atoms with Gasteiger partial charge in [0.1, 0.15) is 6.54 Å². The molecule has 9 heteroatoms. The van der Waals surface area contributed by atoms with Crippen LogP contribution < -0.4 is 5.32 Å². The molecule has 8 nitrogen and oxygen atoms in total. The zero-order chi connectivity index (χ0) is 24.4. The van der Waals surface area contributed by atoms with Crippen LogP contribution in [0.25, 0.3) is 5.69 Å². The number of nitrogens with one attached hydrogen (secondary N) is 1. The van der Waals surface area contributed by atoms with Gasteiger partial charge in [-0.1, -0.05) is 6.07 Å². The highest BCUT2D eigenvalue weighted by Crippen LogP contribution is 2.41. The van der Waals surface area contributed by atoms with Gasteiger partial charge in [0.2, 0.25) is 0 Å². The summed E-state index contributed by atoms with van der Waals surface area (Å²) in [6.45, 7) is 6.09. The maximum atomic E-state index is 12.4. The van der Waals surface area contributed by atoms with Crippen LogP contribution in [0.15, 0.2) is 54.7 Å². The molecular formula is C25H26N4O4S. The van der Waals surface area contributed by atoms with Gasteiger partial charge in [-0.2, -0.15) is 0 Å². The summed E-state index contributed by atoms with van der Waals surface area (Å²) in [7, 11) is 0. The topological polar surface area (TPSA) is 96.7 Å². The zero-order valence-corrected chi connectivity index (χ0v) is 20.0. The highest BCUT2D eigenvalue weighted by atomic mass is 32.1. The Morgan fingerprint density at radius 3 is 2.53 bits per heavy atom. The van der Waals surface area contributed by atoms with E-state index in [9.17, 15) is 14.7 Å². The van der Waals surface area contributed by atoms with Crippen LogP contribution in [-0.2, 0) is 9.53 Å². The summed E-state index contributed by atoms with van der Waals surface area (Å²) >= 11 is 5.63. The maximum absolute atomic E-state index is 12.4. The molecule has 1 fully saturated rings. The van der Waals surface area contributed by atoms with Crippen LogP contribution in [0.5, 0.6) is 0 Å². The fourth-order valence-corrected chi connectivity index (χ4v) is 4.80. The van der Waals surface area contributed by atoms with E-state index in [-0.39, 0.29) is 30.2 Å². The van der Waals surface area contributed by atoms with Gasteiger partial charge >= 0.3 is 11.9 Å². The second-order valence-corrected chi connectivity index (χ2v) is 8.46. The van der Waals surface area contributed by atoms with Crippen LogP contribution >= 0.6 is 12.2 Å². The molecule has 3 aromatic rings. The van der Waals surface area contributed by atoms with Gasteiger partial charge < -0.3 is 24.6 Å². The number of rotatable bonds is 7. The molecule has 4 rings (SSSR count). The lowest BCUT2D eigenvalue weighted by Crippen LogP contribution is -2.35. The van der Waals surface area contributed by atoms with Crippen LogP contribution in [-0.4, -0.2) is 49.8 Å². The number of carbonyl (C=O) groups excluding carboxylic acids is 1. The molecule has 1 saturated heterocycles. The Balaban J connectivity index is 1.79. The minimum atomic E-state index is -0.966. The summed E-state index contributed by atoms with van der Waals surface area (Å²) in [5, 5.41) is 13.0. The van der Waals surface area contributed by atoms with Gasteiger partial charge in [-0.05, 0) is 81.0 Å². The van der Waals surface area contributed by atoms with E-state index in [1.807, 2.05) is 36.9 Å². The minimum Gasteiger partial charge on any atom is -0.478 e. The molecule has 0 saturated carbocycles. The number of pyridine rings is 1. The van der Waals surface area contributed by atoms with Crippen molar-refractivity contribution < 1.29 is 19.4 Å². The van der Waals surface area contributed by atoms with Gasteiger partial charge in [-0.3, -0.25) is 9.78 Å². The summed E-state index contributed by atoms with van der Waals surface area (Å²) in [4.78, 5) is 30.1. The molecule has 0 unspecified atom stereocenters. The van der Waals surface area contributed by atoms with E-state index in [2.05, 4.69) is 20.9 Å². The van der Waals surface area contributed by atoms with Crippen LogP contribution in [0, 0.1) is 13.8 Å². The number of thiocarbonyl (C=S) groups is 1. The molecule has 176 valence electrons. The van der Waals surface area contributed by atoms with Crippen molar-refractivity contribution in [2.45, 2.75) is 32.9 Å². The molecule has 34 heavy (non-hydrogen) atoms. The quantitative estimate of drug-likeness (QED) is 0.392. The van der Waals surface area contributed by atoms with Crippen molar-refractivity contribution in [1.82, 2.24) is 19.8 Å². The van der Waals surface area contributed by atoms with Crippen molar-refractivity contribution in [2.24, 2.45) is 0 Å². The first kappa shape index (κ1) is 23.4. The van der Waals surface area contributed by atoms with Crippen LogP contribution in [0.4, 0.5) is 0 Å². The first-order valence-corrected chi connectivity index (χ1v) is 11.4. The van der Waals surface area contributed by atoms with Gasteiger partial charge in [-0.15, -0.1) is 0 Å². The lowest BCUT2D eigenvalue weighted by Gasteiger charge is -2.27. The molecule has 1 aliphatic rings. The summed E-state index contributed by atoms with van der Waals surface area (Å²) < 4.78 is 7.27. The van der Waals surface area contributed by atoms with Crippen molar-refractivity contribution in [3.05, 3.63) is 82.9 Å². The molecule has 0 spiro atoms. The number of hydrogen-bond acceptors (Lipinski definition) is 5. The number of carboxylic acid groups (broad SMARTS) is 1. The molecule has 0 radical (unpaired) electrons. The summed E-state index contributed by atoms with van der Waals surface area (Å²) in [6, 6.07) is 14.0. The number of nitrogens with zero attached hydrogens (tertiary/aromatic N) is 3. The largest absolute Gasteiger partial charge is 0.478 e. The fraction of sp³-hybridized carbons (Fsp3) is 0.280. The summed E-state index contributed by atoms with van der Waals surface area (Å²) in [5.41, 5.74) is 4.83. The van der Waals surface area contributed by atoms with Crippen molar-refractivity contribution in [2.75, 3.05) is 13.2 Å². The Morgan fingerprint density at radius 2 is 1.91 bits per heavy atom. The van der Waals surface area contributed by atoms with E-state index in [0.29, 0.717) is 11.7 Å². The van der Waals surface area contributed by atoms with E-state index in [4.69, 9.17) is 17.0 Å². The predicted octanol–water partition coefficient (Wildman–Crippen LogP) is 3.72. The summed E-state index contributed by atoms with van der Waals surface area (Å²) in [6.07, 6.45) is 1.73. The standard InChI is InChI=1S/C25H26N4O4S/c1-4-33-21(30)14-28-23(22(27-25(28)34)20-7-5-6-12-26-20)19-13-15(2)29(16(19)3)18-10-8-17(9-11-18)24(31)32/h5-13,22-23H,4,14H2,1-3H3,(H,27,34)(H,31,32)/t22-,23-/m1/s1. The minimum absolute atomic E-state index is 0.0185. The number of aromatic carboxylic acids is 1. The number of benzene rings is 1. The highest BCUT2D eigenvalue weighted by Gasteiger charge is 2.42. The first-order valence-electron chi connectivity index (χ1n) is 11.0. The Morgan fingerprint density at radius 1 is 1.18 bits per heavy atom. The third kappa shape index (κ3) is 4.38. The van der Waals surface area contributed by atoms with Crippen molar-refractivity contribution >= 4 is 29.3 Å². The third-order valence-electron chi connectivity index (χ3n) is 5.96. The normalized spacial score (nSPS) is 17.5. The summed E-state index contributed by atoms with van der Waals surface area (Å²) in [5.74, 6) is -1.32. The van der Waals surface area contributed by atoms with Gasteiger partial charge in [0.15, 0.2) is 5.11 Å². The van der Waals surface area contributed by atoms with E-state index in [0.717, 1.165) is 28.3 Å². The number of carbonyl (C=O) groups is 2. The zero-order valence-electron chi connectivity index (χ0n) is 19.2. The number of aromatic nitrogens is 2. The average molecular weight is 479 g/mol. The molecule has 1 aliphatic heterocycles. The van der Waals surface area contributed by atoms with E-state index < -0.39 is 5.97 Å². The fourth-order valence-electron chi connectivity index (χ4n) is 4.50. The third-order valence-corrected chi connectivity index (χ3v) is 6.32. The van der Waals surface area contributed by atoms with Gasteiger partial charge in [0.25, 0.3) is 0 Å². The Bertz CT molecular complexity index is 1220. The monoisotopic (exact) mass is 478 g/mol. The molecule has 1 aromatic carbocycles. The van der Waals surface area contributed by atoms with Gasteiger partial charge in [0, 0.05) is 23.3 Å². The van der Waals surface area contributed by atoms with Crippen molar-refractivity contribution in [3.63, 3.8) is 0 Å². The SMILES string of the molecule is CCOC(=O)CN1C(=S)N[C@H](c2ccccn2)[C@H]1c1cc(C)n(-c2ccc(C(=O)O)cc2)c1C. The highest BCUT2D eigenvalue weighted by molar-refractivity contribution is 7.80. The molecule has 0 bridgehead atoms. The predicted molar refractivity (Wildman–Crippen MR) is 131 cm³/mol. The van der Waals surface area contributed by atoms with Crippen molar-refractivity contribution in [1.29, 1.82) is 0 Å². The van der Waals surface area contributed by atoms with Crippen LogP contribution in [0.1, 0.15) is 52.0 Å². The Hall–Kier alpha value is -3.72. The van der Waals surface area contributed by atoms with Gasteiger partial charge in [-0.25, -0.2) is 4.79 Å². The Labute approximate surface area is 203 Å². The average Bonchev–Trinajstić information content (AvgIpc) is 3.29. The Kier molecular flexibility index (Phi) is 6.65. The molecule has 2 N–H and O–H groups in total. The number of aryl methyl sites for hydroxylation is 1. The van der Waals surface area contributed by atoms with E-state index in [1.165, 1.54) is 0 Å². The van der Waals surface area contributed by atoms with E-state index >= 15 is 0 Å². The lowest BCUT2D eigenvalue weighted by atomic mass is 9.97. The lowest BCUT2D eigenvalue weighted by molar-refractivity contribution is -0.143. The van der Waals surface area contributed by atoms with Crippen LogP contribution in [0.2, 0.25) is 0 Å². The smallest absolute Gasteiger partial charge is 0.335 e. The maximum Gasteiger partial charge on any atom is 0.335 e. The number of hydrogen-bond donors (Lipinski definition) is 2. The van der Waals surface area contributed by atoms with E-state index in [1.54, 1.807) is 37.4 Å². The van der Waals surface area contributed by atoms with Crippen molar-refractivity contribution in [3.8, 4) is 5.69 Å². The number of carboxylic acids is 1. The molecule has 3 heterocycles. The second-order valence-electron chi connectivity index (χ2n) is 8.07. The van der Waals surface area contributed by atoms with Gasteiger partial charge in [0.05, 0.1) is 29.9 Å². The molecule has 2 aromatic heterocycles. The molecular weight excluding hydrogens is 452 g/mol. The molecule has 2 atom stereocenters. The molecule has 0 aliphatic carbocycles. The number of ether oxygens (including phenoxy) is 1. The van der Waals surface area contributed by atoms with Crippen LogP contribution in [0.3, 0.4) is 0 Å². The first-order chi connectivity index (χ1) is 16.3. The second kappa shape index (κ2) is 9.64.